The first-order valence-corrected chi connectivity index (χ1v) is 6.69. The molecule has 0 atom stereocenters. The number of carbonyl (C=O) groups excluding carboxylic acids is 1. The summed E-state index contributed by atoms with van der Waals surface area (Å²) in [6.07, 6.45) is 2.12. The zero-order valence-corrected chi connectivity index (χ0v) is 11.3. The van der Waals surface area contributed by atoms with Gasteiger partial charge in [-0.15, -0.1) is 0 Å². The van der Waals surface area contributed by atoms with Gasteiger partial charge in [0.2, 0.25) is 5.91 Å². The second kappa shape index (κ2) is 5.40. The van der Waals surface area contributed by atoms with E-state index >= 15 is 0 Å². The van der Waals surface area contributed by atoms with E-state index < -0.39 is 0 Å². The van der Waals surface area contributed by atoms with Gasteiger partial charge < -0.3 is 5.32 Å². The molecule has 0 aliphatic carbocycles. The van der Waals surface area contributed by atoms with Crippen LogP contribution in [0.1, 0.15) is 5.56 Å². The summed E-state index contributed by atoms with van der Waals surface area (Å²) < 4.78 is 1.05. The summed E-state index contributed by atoms with van der Waals surface area (Å²) in [5, 5.41) is 6.70. The van der Waals surface area contributed by atoms with Gasteiger partial charge in [0.25, 0.3) is 0 Å². The largest absolute Gasteiger partial charge is 0.310 e. The average Bonchev–Trinajstić information content (AvgIpc) is 2.74. The fraction of sp³-hybridized carbons (Fsp3) is 0.0909. The molecule has 5 heteroatoms. The van der Waals surface area contributed by atoms with Crippen molar-refractivity contribution < 1.29 is 4.79 Å². The van der Waals surface area contributed by atoms with Crippen LogP contribution in [-0.4, -0.2) is 10.9 Å². The van der Waals surface area contributed by atoms with E-state index in [1.165, 1.54) is 0 Å². The van der Waals surface area contributed by atoms with Crippen molar-refractivity contribution in [3.8, 4) is 0 Å². The summed E-state index contributed by atoms with van der Waals surface area (Å²) in [6.45, 7) is 0. The predicted molar refractivity (Wildman–Crippen MR) is 73.6 cm³/mol. The lowest BCUT2D eigenvalue weighted by Crippen LogP contribution is -2.14. The number of hydrogen-bond donors (Lipinski definition) is 1. The summed E-state index contributed by atoms with van der Waals surface area (Å²) in [7, 11) is 0. The Balaban J connectivity index is 1.95. The summed E-state index contributed by atoms with van der Waals surface area (Å²) in [4.78, 5) is 15.7. The third-order valence-electron chi connectivity index (χ3n) is 1.94. The van der Waals surface area contributed by atoms with Gasteiger partial charge >= 0.3 is 0 Å². The van der Waals surface area contributed by atoms with Gasteiger partial charge in [-0.3, -0.25) is 4.79 Å². The van der Waals surface area contributed by atoms with Crippen LogP contribution in [0, 0.1) is 3.57 Å². The minimum Gasteiger partial charge on any atom is -0.310 e. The van der Waals surface area contributed by atoms with Crippen molar-refractivity contribution in [2.45, 2.75) is 6.42 Å². The van der Waals surface area contributed by atoms with Crippen LogP contribution in [0.25, 0.3) is 0 Å². The van der Waals surface area contributed by atoms with E-state index in [1.54, 1.807) is 23.6 Å². The number of amides is 1. The smallest absolute Gasteiger partial charge is 0.229 e. The van der Waals surface area contributed by atoms with Crippen LogP contribution in [0.2, 0.25) is 0 Å². The molecule has 1 N–H and O–H groups in total. The van der Waals surface area contributed by atoms with Gasteiger partial charge in [0, 0.05) is 9.77 Å². The molecule has 0 aliphatic heterocycles. The maximum Gasteiger partial charge on any atom is 0.229 e. The topological polar surface area (TPSA) is 42.0 Å². The average molecular weight is 344 g/mol. The van der Waals surface area contributed by atoms with Crippen molar-refractivity contribution >= 4 is 45.7 Å². The van der Waals surface area contributed by atoms with E-state index in [0.29, 0.717) is 12.2 Å². The number of hydrogen-bond acceptors (Lipinski definition) is 3. The minimum absolute atomic E-state index is 0.0351. The second-order valence-corrected chi connectivity index (χ2v) is 5.24. The van der Waals surface area contributed by atoms with E-state index in [2.05, 4.69) is 32.9 Å². The molecule has 0 radical (unpaired) electrons. The molecule has 0 spiro atoms. The van der Waals surface area contributed by atoms with Crippen LogP contribution in [0.5, 0.6) is 0 Å². The maximum absolute atomic E-state index is 11.6. The zero-order valence-electron chi connectivity index (χ0n) is 8.31. The van der Waals surface area contributed by atoms with E-state index in [4.69, 9.17) is 0 Å². The van der Waals surface area contributed by atoms with Crippen LogP contribution < -0.4 is 5.32 Å². The van der Waals surface area contributed by atoms with Gasteiger partial charge in [-0.05, 0) is 57.1 Å². The minimum atomic E-state index is -0.0351. The van der Waals surface area contributed by atoms with Crippen molar-refractivity contribution in [3.63, 3.8) is 0 Å². The number of aromatic nitrogens is 1. The summed E-state index contributed by atoms with van der Waals surface area (Å²) in [5.41, 5.74) is 1.04. The number of nitrogens with zero attached hydrogens (tertiary/aromatic N) is 1. The quantitative estimate of drug-likeness (QED) is 0.870. The fourth-order valence-electron chi connectivity index (χ4n) is 1.22. The third-order valence-corrected chi connectivity index (χ3v) is 3.31. The maximum atomic E-state index is 11.6. The predicted octanol–water partition coefficient (Wildman–Crippen LogP) is 2.93. The van der Waals surface area contributed by atoms with Crippen molar-refractivity contribution in [3.05, 3.63) is 44.3 Å². The van der Waals surface area contributed by atoms with Crippen molar-refractivity contribution in [1.82, 2.24) is 4.98 Å². The first-order valence-electron chi connectivity index (χ1n) is 4.66. The zero-order chi connectivity index (χ0) is 11.4. The Morgan fingerprint density at radius 3 is 2.94 bits per heavy atom. The highest BCUT2D eigenvalue weighted by Crippen LogP contribution is 2.10. The summed E-state index contributed by atoms with van der Waals surface area (Å²) in [5.74, 6) is 0.563. The van der Waals surface area contributed by atoms with Crippen LogP contribution in [0.15, 0.2) is 35.2 Å². The number of nitrogens with one attached hydrogen (secondary N) is 1. The number of pyridine rings is 1. The molecular formula is C11H9IN2OS. The van der Waals surface area contributed by atoms with Gasteiger partial charge in [0.1, 0.15) is 5.82 Å². The molecule has 2 aromatic heterocycles. The molecule has 0 aromatic carbocycles. The van der Waals surface area contributed by atoms with Gasteiger partial charge in [0.05, 0.1) is 6.42 Å². The summed E-state index contributed by atoms with van der Waals surface area (Å²) in [6, 6.07) is 5.66. The van der Waals surface area contributed by atoms with Gasteiger partial charge in [0.15, 0.2) is 0 Å². The van der Waals surface area contributed by atoms with E-state index in [-0.39, 0.29) is 5.91 Å². The molecule has 0 fully saturated rings. The van der Waals surface area contributed by atoms with Crippen molar-refractivity contribution in [1.29, 1.82) is 0 Å². The highest BCUT2D eigenvalue weighted by molar-refractivity contribution is 14.1. The monoisotopic (exact) mass is 344 g/mol. The molecule has 2 aromatic rings. The lowest BCUT2D eigenvalue weighted by atomic mass is 10.2. The third kappa shape index (κ3) is 3.28. The fourth-order valence-corrected chi connectivity index (χ4v) is 2.20. The molecule has 0 aliphatic rings. The lowest BCUT2D eigenvalue weighted by Gasteiger charge is -2.02. The van der Waals surface area contributed by atoms with E-state index in [9.17, 15) is 4.79 Å². The molecule has 2 rings (SSSR count). The van der Waals surface area contributed by atoms with E-state index in [0.717, 1.165) is 9.13 Å². The van der Waals surface area contributed by atoms with Gasteiger partial charge in [-0.25, -0.2) is 4.98 Å². The number of rotatable bonds is 3. The van der Waals surface area contributed by atoms with Crippen molar-refractivity contribution in [2.75, 3.05) is 5.32 Å². The van der Waals surface area contributed by atoms with Gasteiger partial charge in [-0.1, -0.05) is 0 Å². The highest BCUT2D eigenvalue weighted by Gasteiger charge is 2.04. The first kappa shape index (κ1) is 11.5. The number of halogens is 1. The SMILES string of the molecule is O=C(Cc1ccsc1)Nc1ccc(I)cn1. The molecule has 16 heavy (non-hydrogen) atoms. The molecule has 0 saturated heterocycles. The van der Waals surface area contributed by atoms with Crippen LogP contribution in [0.3, 0.4) is 0 Å². The Bertz CT molecular complexity index is 467. The Morgan fingerprint density at radius 2 is 2.31 bits per heavy atom. The van der Waals surface area contributed by atoms with E-state index in [1.807, 2.05) is 22.9 Å². The molecule has 2 heterocycles. The van der Waals surface area contributed by atoms with Crippen molar-refractivity contribution in [2.24, 2.45) is 0 Å². The molecule has 1 amide bonds. The number of thiophene rings is 1. The number of carbonyl (C=O) groups is 1. The lowest BCUT2D eigenvalue weighted by molar-refractivity contribution is -0.115. The molecular weight excluding hydrogens is 335 g/mol. The van der Waals surface area contributed by atoms with Crippen LogP contribution >= 0.6 is 33.9 Å². The Morgan fingerprint density at radius 1 is 1.44 bits per heavy atom. The second-order valence-electron chi connectivity index (χ2n) is 3.22. The molecule has 0 saturated carbocycles. The van der Waals surface area contributed by atoms with Crippen LogP contribution in [0.4, 0.5) is 5.82 Å². The molecule has 0 unspecified atom stereocenters. The summed E-state index contributed by atoms with van der Waals surface area (Å²) >= 11 is 3.77. The molecule has 82 valence electrons. The number of anilines is 1. The Labute approximate surface area is 111 Å². The van der Waals surface area contributed by atoms with Gasteiger partial charge in [-0.2, -0.15) is 11.3 Å². The van der Waals surface area contributed by atoms with Crippen LogP contribution in [-0.2, 0) is 11.2 Å². The molecule has 3 nitrogen and oxygen atoms in total. The molecule has 0 bridgehead atoms. The first-order chi connectivity index (χ1) is 7.74. The Kier molecular flexibility index (Phi) is 3.89. The highest BCUT2D eigenvalue weighted by atomic mass is 127. The normalized spacial score (nSPS) is 10.1. The Hall–Kier alpha value is -0.950. The standard InChI is InChI=1S/C11H9IN2OS/c12-9-1-2-10(13-6-9)14-11(15)5-8-3-4-16-7-8/h1-4,6-7H,5H2,(H,13,14,15).